The van der Waals surface area contributed by atoms with Gasteiger partial charge in [0.25, 0.3) is 5.91 Å². The fraction of sp³-hybridized carbons (Fsp3) is 0.500. The Morgan fingerprint density at radius 1 is 1.50 bits per heavy atom. The fourth-order valence-corrected chi connectivity index (χ4v) is 3.54. The Morgan fingerprint density at radius 3 is 3.05 bits per heavy atom. The van der Waals surface area contributed by atoms with E-state index in [4.69, 9.17) is 10.00 Å². The molecule has 1 N–H and O–H groups in total. The van der Waals surface area contributed by atoms with Crippen LogP contribution in [0.3, 0.4) is 0 Å². The van der Waals surface area contributed by atoms with Gasteiger partial charge in [0.05, 0.1) is 23.3 Å². The van der Waals surface area contributed by atoms with Crippen LogP contribution in [0, 0.1) is 23.2 Å². The lowest BCUT2D eigenvalue weighted by Gasteiger charge is -2.47. The van der Waals surface area contributed by atoms with Gasteiger partial charge < -0.3 is 10.1 Å². The lowest BCUT2D eigenvalue weighted by Crippen LogP contribution is -2.61. The van der Waals surface area contributed by atoms with Gasteiger partial charge in [-0.1, -0.05) is 19.1 Å². The largest absolute Gasteiger partial charge is 0.377 e. The highest BCUT2D eigenvalue weighted by atomic mass is 16.5. The molecule has 1 aliphatic carbocycles. The number of carbonyl (C=O) groups excluding carboxylic acids is 1. The lowest BCUT2D eigenvalue weighted by atomic mass is 9.65. The molecule has 2 aliphatic rings. The second kappa shape index (κ2) is 5.26. The van der Waals surface area contributed by atoms with Crippen molar-refractivity contribution in [3.63, 3.8) is 0 Å². The number of ether oxygens (including phenoxy) is 1. The summed E-state index contributed by atoms with van der Waals surface area (Å²) in [5.74, 6) is 0.704. The Labute approximate surface area is 118 Å². The third-order valence-electron chi connectivity index (χ3n) is 4.59. The van der Waals surface area contributed by atoms with Gasteiger partial charge in [-0.15, -0.1) is 0 Å². The zero-order chi connectivity index (χ0) is 14.1. The average Bonchev–Trinajstić information content (AvgIpc) is 2.89. The van der Waals surface area contributed by atoms with Crippen LogP contribution in [0.15, 0.2) is 24.3 Å². The van der Waals surface area contributed by atoms with Gasteiger partial charge in [0.1, 0.15) is 0 Å². The molecule has 1 saturated heterocycles. The number of nitrogens with one attached hydrogen (secondary N) is 1. The fourth-order valence-electron chi connectivity index (χ4n) is 3.54. The van der Waals surface area contributed by atoms with Crippen molar-refractivity contribution in [2.75, 3.05) is 6.61 Å². The quantitative estimate of drug-likeness (QED) is 0.915. The molecule has 0 radical (unpaired) electrons. The van der Waals surface area contributed by atoms with Crippen LogP contribution < -0.4 is 5.32 Å². The smallest absolute Gasteiger partial charge is 0.252 e. The van der Waals surface area contributed by atoms with Crippen molar-refractivity contribution in [3.05, 3.63) is 35.4 Å². The molecular formula is C16H18N2O2. The van der Waals surface area contributed by atoms with E-state index in [1.807, 2.05) is 0 Å². The minimum atomic E-state index is -0.143. The number of amides is 1. The third kappa shape index (κ3) is 1.99. The van der Waals surface area contributed by atoms with Crippen LogP contribution in [0.1, 0.15) is 35.7 Å². The number of rotatable bonds is 3. The van der Waals surface area contributed by atoms with Crippen LogP contribution in [-0.2, 0) is 4.74 Å². The number of hydrogen-bond donors (Lipinski definition) is 1. The van der Waals surface area contributed by atoms with E-state index < -0.39 is 0 Å². The summed E-state index contributed by atoms with van der Waals surface area (Å²) in [4.78, 5) is 12.4. The molecule has 104 valence electrons. The van der Waals surface area contributed by atoms with E-state index in [1.54, 1.807) is 24.3 Å². The minimum absolute atomic E-state index is 0.143. The summed E-state index contributed by atoms with van der Waals surface area (Å²) in [6, 6.07) is 9.20. The molecule has 4 nitrogen and oxygen atoms in total. The van der Waals surface area contributed by atoms with Gasteiger partial charge in [-0.2, -0.15) is 5.26 Å². The molecule has 4 atom stereocenters. The first-order valence-electron chi connectivity index (χ1n) is 7.18. The van der Waals surface area contributed by atoms with Gasteiger partial charge in [-0.05, 0) is 25.0 Å². The molecule has 0 unspecified atom stereocenters. The van der Waals surface area contributed by atoms with E-state index in [0.29, 0.717) is 29.1 Å². The molecule has 1 aromatic carbocycles. The predicted molar refractivity (Wildman–Crippen MR) is 74.0 cm³/mol. The highest BCUT2D eigenvalue weighted by Crippen LogP contribution is 2.45. The predicted octanol–water partition coefficient (Wildman–Crippen LogP) is 2.10. The minimum Gasteiger partial charge on any atom is -0.377 e. The Morgan fingerprint density at radius 2 is 2.30 bits per heavy atom. The summed E-state index contributed by atoms with van der Waals surface area (Å²) in [7, 11) is 0. The summed E-state index contributed by atoms with van der Waals surface area (Å²) >= 11 is 0. The summed E-state index contributed by atoms with van der Waals surface area (Å²) < 4.78 is 5.71. The molecule has 4 heteroatoms. The first kappa shape index (κ1) is 13.1. The molecule has 0 aromatic heterocycles. The molecule has 1 aromatic rings. The monoisotopic (exact) mass is 270 g/mol. The second-order valence-electron chi connectivity index (χ2n) is 5.52. The van der Waals surface area contributed by atoms with Crippen LogP contribution in [-0.4, -0.2) is 24.7 Å². The van der Waals surface area contributed by atoms with Gasteiger partial charge in [-0.25, -0.2) is 0 Å². The zero-order valence-corrected chi connectivity index (χ0v) is 11.5. The van der Waals surface area contributed by atoms with Crippen molar-refractivity contribution in [3.8, 4) is 6.07 Å². The van der Waals surface area contributed by atoms with Crippen LogP contribution in [0.5, 0.6) is 0 Å². The molecule has 1 amide bonds. The maximum absolute atomic E-state index is 12.4. The lowest BCUT2D eigenvalue weighted by molar-refractivity contribution is -0.0545. The van der Waals surface area contributed by atoms with Crippen LogP contribution >= 0.6 is 0 Å². The van der Waals surface area contributed by atoms with Gasteiger partial charge in [0.15, 0.2) is 0 Å². The van der Waals surface area contributed by atoms with E-state index in [1.165, 1.54) is 0 Å². The first-order chi connectivity index (χ1) is 9.76. The van der Waals surface area contributed by atoms with Gasteiger partial charge in [0.2, 0.25) is 0 Å². The zero-order valence-electron chi connectivity index (χ0n) is 11.5. The maximum atomic E-state index is 12.4. The molecule has 1 saturated carbocycles. The maximum Gasteiger partial charge on any atom is 0.252 e. The SMILES string of the molecule is CC[C@@H]1[C@@H](NC(=O)c2ccccc2C#N)[C@@H]2CCO[C@H]12. The van der Waals surface area contributed by atoms with E-state index in [-0.39, 0.29) is 11.9 Å². The number of hydrogen-bond acceptors (Lipinski definition) is 3. The molecule has 2 fully saturated rings. The summed E-state index contributed by atoms with van der Waals surface area (Å²) in [6.45, 7) is 2.93. The molecule has 0 bridgehead atoms. The molecule has 0 spiro atoms. The second-order valence-corrected chi connectivity index (χ2v) is 5.52. The Kier molecular flexibility index (Phi) is 3.45. The highest BCUT2D eigenvalue weighted by Gasteiger charge is 2.53. The van der Waals surface area contributed by atoms with Crippen molar-refractivity contribution in [1.29, 1.82) is 5.26 Å². The van der Waals surface area contributed by atoms with Crippen LogP contribution in [0.25, 0.3) is 0 Å². The van der Waals surface area contributed by atoms with Crippen LogP contribution in [0.2, 0.25) is 0 Å². The number of fused-ring (bicyclic) bond motifs is 1. The molecule has 1 aliphatic heterocycles. The summed E-state index contributed by atoms with van der Waals surface area (Å²) in [5, 5.41) is 12.2. The van der Waals surface area contributed by atoms with Gasteiger partial charge in [0, 0.05) is 24.5 Å². The Balaban J connectivity index is 1.75. The molecular weight excluding hydrogens is 252 g/mol. The number of nitrogens with zero attached hydrogens (tertiary/aromatic N) is 1. The van der Waals surface area contributed by atoms with Gasteiger partial charge >= 0.3 is 0 Å². The Bertz CT molecular complexity index is 564. The number of carbonyl (C=O) groups is 1. The van der Waals surface area contributed by atoms with E-state index in [9.17, 15) is 4.79 Å². The van der Waals surface area contributed by atoms with Crippen molar-refractivity contribution < 1.29 is 9.53 Å². The normalized spacial score (nSPS) is 31.0. The van der Waals surface area contributed by atoms with Crippen LogP contribution in [0.4, 0.5) is 0 Å². The topological polar surface area (TPSA) is 62.1 Å². The van der Waals surface area contributed by atoms with Gasteiger partial charge in [-0.3, -0.25) is 4.79 Å². The van der Waals surface area contributed by atoms with E-state index in [0.717, 1.165) is 19.4 Å². The van der Waals surface area contributed by atoms with Crippen molar-refractivity contribution in [2.45, 2.75) is 31.9 Å². The van der Waals surface area contributed by atoms with E-state index >= 15 is 0 Å². The molecule has 1 heterocycles. The summed E-state index contributed by atoms with van der Waals surface area (Å²) in [5.41, 5.74) is 0.892. The highest BCUT2D eigenvalue weighted by molar-refractivity contribution is 5.96. The Hall–Kier alpha value is -1.86. The van der Waals surface area contributed by atoms with E-state index in [2.05, 4.69) is 18.3 Å². The standard InChI is InChI=1S/C16H18N2O2/c1-2-11-14(13-7-8-20-15(11)13)18-16(19)12-6-4-3-5-10(12)9-17/h3-6,11,13-15H,2,7-8H2,1H3,(H,18,19)/t11-,13+,14-,15-/m1/s1. The number of nitriles is 1. The first-order valence-corrected chi connectivity index (χ1v) is 7.18. The molecule has 20 heavy (non-hydrogen) atoms. The third-order valence-corrected chi connectivity index (χ3v) is 4.59. The number of benzene rings is 1. The van der Waals surface area contributed by atoms with Crippen molar-refractivity contribution >= 4 is 5.91 Å². The molecule has 3 rings (SSSR count). The van der Waals surface area contributed by atoms with Crippen molar-refractivity contribution in [1.82, 2.24) is 5.32 Å². The van der Waals surface area contributed by atoms with Crippen molar-refractivity contribution in [2.24, 2.45) is 11.8 Å². The summed E-state index contributed by atoms with van der Waals surface area (Å²) in [6.07, 6.45) is 2.34. The average molecular weight is 270 g/mol.